The maximum absolute atomic E-state index is 11.6. The zero-order chi connectivity index (χ0) is 20.1. The number of hydrogen-bond acceptors (Lipinski definition) is 5. The Morgan fingerprint density at radius 1 is 1.14 bits per heavy atom. The number of hydrogen-bond donors (Lipinski definition) is 0. The molecule has 0 saturated carbocycles. The number of benzene rings is 2. The van der Waals surface area contributed by atoms with E-state index in [-0.39, 0.29) is 5.75 Å². The van der Waals surface area contributed by atoms with E-state index in [1.54, 1.807) is 18.2 Å². The van der Waals surface area contributed by atoms with Gasteiger partial charge in [0.05, 0.1) is 24.1 Å². The van der Waals surface area contributed by atoms with Crippen molar-refractivity contribution in [3.8, 4) is 28.5 Å². The topological polar surface area (TPSA) is 63.0 Å². The molecular weight excluding hydrogens is 415 g/mol. The van der Waals surface area contributed by atoms with Gasteiger partial charge in [-0.1, -0.05) is 65.3 Å². The summed E-state index contributed by atoms with van der Waals surface area (Å²) in [5.41, 5.74) is 3.24. The molecule has 28 heavy (non-hydrogen) atoms. The summed E-state index contributed by atoms with van der Waals surface area (Å²) >= 11 is 13.5. The van der Waals surface area contributed by atoms with Crippen LogP contribution in [-0.4, -0.2) is 23.8 Å². The zero-order valence-electron chi connectivity index (χ0n) is 14.8. The Kier molecular flexibility index (Phi) is 6.58. The Hall–Kier alpha value is -2.52. The average Bonchev–Trinajstić information content (AvgIpc) is 2.72. The Morgan fingerprint density at radius 3 is 2.50 bits per heavy atom. The first-order chi connectivity index (χ1) is 13.5. The highest BCUT2D eigenvalue weighted by molar-refractivity contribution is 7.99. The van der Waals surface area contributed by atoms with Crippen LogP contribution in [0.5, 0.6) is 0 Å². The van der Waals surface area contributed by atoms with Crippen LogP contribution in [0, 0.1) is 11.3 Å². The molecule has 0 radical (unpaired) electrons. The lowest BCUT2D eigenvalue weighted by atomic mass is 9.99. The third-order valence-corrected chi connectivity index (χ3v) is 5.49. The molecule has 0 amide bonds. The van der Waals surface area contributed by atoms with E-state index in [1.807, 2.05) is 36.4 Å². The molecule has 2 aromatic carbocycles. The van der Waals surface area contributed by atoms with Crippen molar-refractivity contribution in [2.75, 3.05) is 12.9 Å². The summed E-state index contributed by atoms with van der Waals surface area (Å²) in [7, 11) is 1.32. The molecule has 0 atom stereocenters. The Balaban J connectivity index is 2.20. The largest absolute Gasteiger partial charge is 0.468 e. The van der Waals surface area contributed by atoms with Crippen molar-refractivity contribution in [3.05, 3.63) is 70.2 Å². The normalized spacial score (nSPS) is 10.4. The SMILES string of the molecule is COC(=O)CSc1nc(-c2ccccc2Cl)cc(-c2ccc(Cl)cc2)c1C#N. The molecule has 4 nitrogen and oxygen atoms in total. The van der Waals surface area contributed by atoms with Gasteiger partial charge in [-0.3, -0.25) is 4.79 Å². The molecule has 0 spiro atoms. The zero-order valence-corrected chi connectivity index (χ0v) is 17.1. The molecule has 7 heteroatoms. The number of thioether (sulfide) groups is 1. The number of nitriles is 1. The van der Waals surface area contributed by atoms with Crippen LogP contribution in [0.15, 0.2) is 59.6 Å². The number of ether oxygens (including phenoxy) is 1. The first kappa shape index (κ1) is 20.2. The highest BCUT2D eigenvalue weighted by Gasteiger charge is 2.18. The quantitative estimate of drug-likeness (QED) is 0.376. The number of pyridine rings is 1. The number of halogens is 2. The number of carbonyl (C=O) groups is 1. The fourth-order valence-corrected chi connectivity index (χ4v) is 3.78. The summed E-state index contributed by atoms with van der Waals surface area (Å²) in [6, 6.07) is 18.6. The predicted octanol–water partition coefficient (Wildman–Crippen LogP) is 5.86. The van der Waals surface area contributed by atoms with Gasteiger partial charge in [-0.25, -0.2) is 4.98 Å². The van der Waals surface area contributed by atoms with Gasteiger partial charge < -0.3 is 4.74 Å². The van der Waals surface area contributed by atoms with E-state index in [4.69, 9.17) is 27.9 Å². The van der Waals surface area contributed by atoms with Crippen molar-refractivity contribution in [2.45, 2.75) is 5.03 Å². The molecule has 0 unspecified atom stereocenters. The van der Waals surface area contributed by atoms with Gasteiger partial charge >= 0.3 is 5.97 Å². The summed E-state index contributed by atoms with van der Waals surface area (Å²) in [4.78, 5) is 16.2. The van der Waals surface area contributed by atoms with E-state index in [1.165, 1.54) is 7.11 Å². The van der Waals surface area contributed by atoms with Gasteiger partial charge in [-0.15, -0.1) is 0 Å². The second-order valence-corrected chi connectivity index (χ2v) is 7.51. The van der Waals surface area contributed by atoms with E-state index >= 15 is 0 Å². The van der Waals surface area contributed by atoms with Gasteiger partial charge in [0, 0.05) is 21.2 Å². The molecular formula is C21H14Cl2N2O2S. The van der Waals surface area contributed by atoms with Crippen LogP contribution in [0.2, 0.25) is 10.0 Å². The lowest BCUT2D eigenvalue weighted by Crippen LogP contribution is -2.04. The van der Waals surface area contributed by atoms with E-state index < -0.39 is 5.97 Å². The molecule has 0 aliphatic rings. The second-order valence-electron chi connectivity index (χ2n) is 5.70. The maximum atomic E-state index is 11.6. The Morgan fingerprint density at radius 2 is 1.86 bits per heavy atom. The number of carbonyl (C=O) groups excluding carboxylic acids is 1. The van der Waals surface area contributed by atoms with Crippen molar-refractivity contribution in [3.63, 3.8) is 0 Å². The standard InChI is InChI=1S/C21H14Cl2N2O2S/c1-27-20(26)12-28-21-17(11-24)16(13-6-8-14(22)9-7-13)10-19(25-21)15-4-2-3-5-18(15)23/h2-10H,12H2,1H3. The maximum Gasteiger partial charge on any atom is 0.316 e. The van der Waals surface area contributed by atoms with Crippen molar-refractivity contribution >= 4 is 40.9 Å². The second kappa shape index (κ2) is 9.11. The van der Waals surface area contributed by atoms with Gasteiger partial charge in [0.15, 0.2) is 0 Å². The lowest BCUT2D eigenvalue weighted by molar-refractivity contribution is -0.137. The summed E-state index contributed by atoms with van der Waals surface area (Å²) < 4.78 is 4.70. The summed E-state index contributed by atoms with van der Waals surface area (Å²) in [5.74, 6) is -0.351. The summed E-state index contributed by atoms with van der Waals surface area (Å²) in [5, 5.41) is 11.4. The van der Waals surface area contributed by atoms with E-state index in [2.05, 4.69) is 11.1 Å². The van der Waals surface area contributed by atoms with Crippen LogP contribution in [-0.2, 0) is 9.53 Å². The van der Waals surface area contributed by atoms with Gasteiger partial charge in [0.2, 0.25) is 0 Å². The number of aromatic nitrogens is 1. The fourth-order valence-electron chi connectivity index (χ4n) is 2.58. The molecule has 0 aliphatic heterocycles. The molecule has 1 heterocycles. The summed E-state index contributed by atoms with van der Waals surface area (Å²) in [6.07, 6.45) is 0. The Labute approximate surface area is 177 Å². The van der Waals surface area contributed by atoms with Crippen molar-refractivity contribution in [1.82, 2.24) is 4.98 Å². The number of nitrogens with zero attached hydrogens (tertiary/aromatic N) is 2. The van der Waals surface area contributed by atoms with Crippen molar-refractivity contribution in [2.24, 2.45) is 0 Å². The van der Waals surface area contributed by atoms with Gasteiger partial charge in [-0.2, -0.15) is 5.26 Å². The van der Waals surface area contributed by atoms with Crippen LogP contribution < -0.4 is 0 Å². The first-order valence-electron chi connectivity index (χ1n) is 8.19. The van der Waals surface area contributed by atoms with Crippen LogP contribution >= 0.6 is 35.0 Å². The van der Waals surface area contributed by atoms with E-state index in [9.17, 15) is 10.1 Å². The fraction of sp³-hybridized carbons (Fsp3) is 0.0952. The van der Waals surface area contributed by atoms with Gasteiger partial charge in [0.1, 0.15) is 11.1 Å². The summed E-state index contributed by atoms with van der Waals surface area (Å²) in [6.45, 7) is 0. The minimum absolute atomic E-state index is 0.0458. The van der Waals surface area contributed by atoms with Crippen molar-refractivity contribution < 1.29 is 9.53 Å². The predicted molar refractivity (Wildman–Crippen MR) is 113 cm³/mol. The third kappa shape index (κ3) is 4.48. The molecule has 1 aromatic heterocycles. The Bertz CT molecular complexity index is 1060. The molecule has 0 N–H and O–H groups in total. The van der Waals surface area contributed by atoms with E-state index in [0.717, 1.165) is 22.9 Å². The van der Waals surface area contributed by atoms with Crippen LogP contribution in [0.1, 0.15) is 5.56 Å². The monoisotopic (exact) mass is 428 g/mol. The molecule has 0 aliphatic carbocycles. The number of rotatable bonds is 5. The first-order valence-corrected chi connectivity index (χ1v) is 9.93. The highest BCUT2D eigenvalue weighted by atomic mass is 35.5. The number of esters is 1. The van der Waals surface area contributed by atoms with Gasteiger partial charge in [0.25, 0.3) is 0 Å². The smallest absolute Gasteiger partial charge is 0.316 e. The van der Waals surface area contributed by atoms with Gasteiger partial charge in [-0.05, 0) is 29.8 Å². The minimum atomic E-state index is -0.396. The van der Waals surface area contributed by atoms with Crippen molar-refractivity contribution in [1.29, 1.82) is 5.26 Å². The molecule has 140 valence electrons. The average molecular weight is 429 g/mol. The molecule has 0 fully saturated rings. The third-order valence-electron chi connectivity index (χ3n) is 3.96. The van der Waals surface area contributed by atoms with Crippen LogP contribution in [0.4, 0.5) is 0 Å². The van der Waals surface area contributed by atoms with Crippen LogP contribution in [0.3, 0.4) is 0 Å². The molecule has 3 aromatic rings. The van der Waals surface area contributed by atoms with E-state index in [0.29, 0.717) is 31.9 Å². The lowest BCUT2D eigenvalue weighted by Gasteiger charge is -2.13. The molecule has 0 saturated heterocycles. The van der Waals surface area contributed by atoms with Crippen LogP contribution in [0.25, 0.3) is 22.4 Å². The molecule has 0 bridgehead atoms. The number of methoxy groups -OCH3 is 1. The highest BCUT2D eigenvalue weighted by Crippen LogP contribution is 2.36. The molecule has 3 rings (SSSR count). The minimum Gasteiger partial charge on any atom is -0.468 e.